The highest BCUT2D eigenvalue weighted by Crippen LogP contribution is 2.34. The van der Waals surface area contributed by atoms with Crippen molar-refractivity contribution < 1.29 is 17.9 Å². The van der Waals surface area contributed by atoms with E-state index in [0.717, 1.165) is 38.0 Å². The Hall–Kier alpha value is -1.99. The van der Waals surface area contributed by atoms with Crippen molar-refractivity contribution in [2.75, 3.05) is 33.3 Å². The Morgan fingerprint density at radius 3 is 2.75 bits per heavy atom. The van der Waals surface area contributed by atoms with Crippen LogP contribution >= 0.6 is 0 Å². The standard InChI is InChI=1S/C16H23F3N4O/c1-12-5-9-23(10-6-12)15(20-2)22-8-11-24-14-13(16(17,18)19)4-3-7-21-14/h3-4,7,12H,5-6,8-11H2,1-2H3,(H,20,22). The van der Waals surface area contributed by atoms with E-state index in [2.05, 4.69) is 27.1 Å². The summed E-state index contributed by atoms with van der Waals surface area (Å²) >= 11 is 0. The number of alkyl halides is 3. The summed E-state index contributed by atoms with van der Waals surface area (Å²) in [5.41, 5.74) is -0.862. The lowest BCUT2D eigenvalue weighted by Crippen LogP contribution is -2.46. The van der Waals surface area contributed by atoms with Gasteiger partial charge >= 0.3 is 6.18 Å². The van der Waals surface area contributed by atoms with E-state index in [9.17, 15) is 13.2 Å². The van der Waals surface area contributed by atoms with Crippen LogP contribution < -0.4 is 10.1 Å². The zero-order chi connectivity index (χ0) is 17.6. The third-order valence-corrected chi connectivity index (χ3v) is 4.00. The van der Waals surface area contributed by atoms with Gasteiger partial charge in [0.25, 0.3) is 0 Å². The number of likely N-dealkylation sites (tertiary alicyclic amines) is 1. The van der Waals surface area contributed by atoms with Crippen molar-refractivity contribution in [1.29, 1.82) is 0 Å². The molecule has 0 unspecified atom stereocenters. The number of piperidine rings is 1. The SMILES string of the molecule is CN=C(NCCOc1ncccc1C(F)(F)F)N1CCC(C)CC1. The lowest BCUT2D eigenvalue weighted by molar-refractivity contribution is -0.139. The van der Waals surface area contributed by atoms with Crippen LogP contribution in [-0.2, 0) is 6.18 Å². The van der Waals surface area contributed by atoms with Gasteiger partial charge in [-0.15, -0.1) is 0 Å². The fourth-order valence-corrected chi connectivity index (χ4v) is 2.58. The summed E-state index contributed by atoms with van der Waals surface area (Å²) < 4.78 is 43.8. The van der Waals surface area contributed by atoms with E-state index in [-0.39, 0.29) is 6.61 Å². The van der Waals surface area contributed by atoms with Crippen LogP contribution in [0.5, 0.6) is 5.88 Å². The number of nitrogens with one attached hydrogen (secondary N) is 1. The van der Waals surface area contributed by atoms with E-state index < -0.39 is 17.6 Å². The molecule has 0 amide bonds. The Labute approximate surface area is 139 Å². The Morgan fingerprint density at radius 2 is 2.12 bits per heavy atom. The number of rotatable bonds is 4. The maximum absolute atomic E-state index is 12.9. The van der Waals surface area contributed by atoms with Crippen LogP contribution in [0.1, 0.15) is 25.3 Å². The van der Waals surface area contributed by atoms with Gasteiger partial charge in [-0.25, -0.2) is 4.98 Å². The first-order valence-electron chi connectivity index (χ1n) is 8.02. The minimum absolute atomic E-state index is 0.0728. The molecule has 2 heterocycles. The summed E-state index contributed by atoms with van der Waals surface area (Å²) in [6.45, 7) is 4.52. The van der Waals surface area contributed by atoms with Crippen molar-refractivity contribution in [1.82, 2.24) is 15.2 Å². The summed E-state index contributed by atoms with van der Waals surface area (Å²) in [6, 6.07) is 2.21. The Balaban J connectivity index is 1.82. The minimum atomic E-state index is -4.47. The van der Waals surface area contributed by atoms with E-state index in [1.807, 2.05) is 0 Å². The third-order valence-electron chi connectivity index (χ3n) is 4.00. The number of aliphatic imine (C=N–C) groups is 1. The average molecular weight is 344 g/mol. The molecule has 2 rings (SSSR count). The van der Waals surface area contributed by atoms with Crippen molar-refractivity contribution in [2.24, 2.45) is 10.9 Å². The molecule has 5 nitrogen and oxygen atoms in total. The number of hydrogen-bond donors (Lipinski definition) is 1. The first-order chi connectivity index (χ1) is 11.4. The van der Waals surface area contributed by atoms with E-state index in [4.69, 9.17) is 4.74 Å². The second-order valence-electron chi connectivity index (χ2n) is 5.85. The van der Waals surface area contributed by atoms with E-state index in [1.54, 1.807) is 7.05 Å². The van der Waals surface area contributed by atoms with Gasteiger partial charge < -0.3 is 15.0 Å². The summed E-state index contributed by atoms with van der Waals surface area (Å²) in [5, 5.41) is 3.12. The van der Waals surface area contributed by atoms with Crippen LogP contribution in [-0.4, -0.2) is 49.1 Å². The summed E-state index contributed by atoms with van der Waals surface area (Å²) in [5.74, 6) is 1.07. The Bertz CT molecular complexity index is 554. The smallest absolute Gasteiger partial charge is 0.421 e. The molecule has 1 fully saturated rings. The van der Waals surface area contributed by atoms with Crippen LogP contribution in [0.15, 0.2) is 23.3 Å². The molecule has 0 spiro atoms. The number of ether oxygens (including phenoxy) is 1. The van der Waals surface area contributed by atoms with Gasteiger partial charge in [-0.2, -0.15) is 13.2 Å². The van der Waals surface area contributed by atoms with Crippen molar-refractivity contribution >= 4 is 5.96 Å². The van der Waals surface area contributed by atoms with E-state index >= 15 is 0 Å². The monoisotopic (exact) mass is 344 g/mol. The van der Waals surface area contributed by atoms with E-state index in [1.165, 1.54) is 12.3 Å². The second kappa shape index (κ2) is 8.21. The number of nitrogens with zero attached hydrogens (tertiary/aromatic N) is 3. The van der Waals surface area contributed by atoms with Crippen LogP contribution in [0, 0.1) is 5.92 Å². The molecule has 0 atom stereocenters. The average Bonchev–Trinajstić information content (AvgIpc) is 2.55. The molecule has 134 valence electrons. The largest absolute Gasteiger partial charge is 0.475 e. The molecule has 1 aliphatic rings. The maximum Gasteiger partial charge on any atom is 0.421 e. The van der Waals surface area contributed by atoms with Gasteiger partial charge in [0, 0.05) is 26.3 Å². The highest BCUT2D eigenvalue weighted by molar-refractivity contribution is 5.79. The lowest BCUT2D eigenvalue weighted by Gasteiger charge is -2.32. The molecule has 1 aromatic rings. The first kappa shape index (κ1) is 18.4. The fraction of sp³-hybridized carbons (Fsp3) is 0.625. The zero-order valence-corrected chi connectivity index (χ0v) is 13.9. The third kappa shape index (κ3) is 5.01. The maximum atomic E-state index is 12.9. The molecule has 8 heteroatoms. The normalized spacial score (nSPS) is 17.0. The van der Waals surface area contributed by atoms with Crippen molar-refractivity contribution in [3.05, 3.63) is 23.9 Å². The summed E-state index contributed by atoms with van der Waals surface area (Å²) in [7, 11) is 1.70. The Kier molecular flexibility index (Phi) is 6.28. The van der Waals surface area contributed by atoms with Crippen LogP contribution in [0.25, 0.3) is 0 Å². The molecular formula is C16H23F3N4O. The van der Waals surface area contributed by atoms with Crippen LogP contribution in [0.3, 0.4) is 0 Å². The predicted molar refractivity (Wildman–Crippen MR) is 86.1 cm³/mol. The van der Waals surface area contributed by atoms with Gasteiger partial charge in [-0.1, -0.05) is 6.92 Å². The molecule has 0 saturated carbocycles. The summed E-state index contributed by atoms with van der Waals surface area (Å²) in [4.78, 5) is 10.0. The molecule has 1 N–H and O–H groups in total. The van der Waals surface area contributed by atoms with Gasteiger partial charge in [0.1, 0.15) is 12.2 Å². The highest BCUT2D eigenvalue weighted by Gasteiger charge is 2.35. The fourth-order valence-electron chi connectivity index (χ4n) is 2.58. The molecule has 0 bridgehead atoms. The van der Waals surface area contributed by atoms with Crippen molar-refractivity contribution in [3.63, 3.8) is 0 Å². The number of guanidine groups is 1. The first-order valence-corrected chi connectivity index (χ1v) is 8.02. The quantitative estimate of drug-likeness (QED) is 0.518. The molecule has 0 aliphatic carbocycles. The van der Waals surface area contributed by atoms with Crippen LogP contribution in [0.4, 0.5) is 13.2 Å². The highest BCUT2D eigenvalue weighted by atomic mass is 19.4. The van der Waals surface area contributed by atoms with Gasteiger partial charge in [-0.3, -0.25) is 4.99 Å². The Morgan fingerprint density at radius 1 is 1.42 bits per heavy atom. The molecule has 1 saturated heterocycles. The molecule has 0 aromatic carbocycles. The van der Waals surface area contributed by atoms with E-state index in [0.29, 0.717) is 12.5 Å². The van der Waals surface area contributed by atoms with Gasteiger partial charge in [0.05, 0.1) is 6.54 Å². The second-order valence-corrected chi connectivity index (χ2v) is 5.85. The van der Waals surface area contributed by atoms with Crippen molar-refractivity contribution in [3.8, 4) is 5.88 Å². The number of pyridine rings is 1. The van der Waals surface area contributed by atoms with Gasteiger partial charge in [0.15, 0.2) is 5.96 Å². The molecule has 24 heavy (non-hydrogen) atoms. The van der Waals surface area contributed by atoms with Gasteiger partial charge in [0.2, 0.25) is 5.88 Å². The lowest BCUT2D eigenvalue weighted by atomic mass is 10.00. The predicted octanol–water partition coefficient (Wildman–Crippen LogP) is 2.79. The minimum Gasteiger partial charge on any atom is -0.475 e. The zero-order valence-electron chi connectivity index (χ0n) is 13.9. The topological polar surface area (TPSA) is 49.8 Å². The van der Waals surface area contributed by atoms with Crippen molar-refractivity contribution in [2.45, 2.75) is 25.9 Å². The molecule has 0 radical (unpaired) electrons. The molecular weight excluding hydrogens is 321 g/mol. The molecule has 1 aliphatic heterocycles. The van der Waals surface area contributed by atoms with Crippen LogP contribution in [0.2, 0.25) is 0 Å². The number of halogens is 3. The number of aromatic nitrogens is 1. The number of hydrogen-bond acceptors (Lipinski definition) is 3. The van der Waals surface area contributed by atoms with Gasteiger partial charge in [-0.05, 0) is 30.9 Å². The molecule has 1 aromatic heterocycles. The summed E-state index contributed by atoms with van der Waals surface area (Å²) in [6.07, 6.45) is -0.969.